The van der Waals surface area contributed by atoms with Crippen LogP contribution in [0.4, 0.5) is 5.69 Å². The second-order valence-electron chi connectivity index (χ2n) is 3.94. The molecule has 0 bridgehead atoms. The van der Waals surface area contributed by atoms with E-state index in [1.165, 1.54) is 5.56 Å². The number of nitrogens with one attached hydrogen (secondary N) is 2. The van der Waals surface area contributed by atoms with Crippen LogP contribution in [0, 0.1) is 0 Å². The van der Waals surface area contributed by atoms with E-state index in [2.05, 4.69) is 29.7 Å². The van der Waals surface area contributed by atoms with Crippen LogP contribution in [0.2, 0.25) is 0 Å². The zero-order chi connectivity index (χ0) is 12.8. The summed E-state index contributed by atoms with van der Waals surface area (Å²) < 4.78 is 5.21. The van der Waals surface area contributed by atoms with Crippen molar-refractivity contribution >= 4 is 23.0 Å². The van der Waals surface area contributed by atoms with Gasteiger partial charge in [0.2, 0.25) is 0 Å². The quantitative estimate of drug-likeness (QED) is 0.827. The molecule has 0 aliphatic rings. The number of hydrogen-bond acceptors (Lipinski definition) is 2. The van der Waals surface area contributed by atoms with Gasteiger partial charge >= 0.3 is 0 Å². The smallest absolute Gasteiger partial charge is 0.171 e. The number of rotatable bonds is 4. The summed E-state index contributed by atoms with van der Waals surface area (Å²) in [5, 5.41) is 6.82. The van der Waals surface area contributed by atoms with E-state index >= 15 is 0 Å². The Morgan fingerprint density at radius 1 is 1.22 bits per heavy atom. The van der Waals surface area contributed by atoms with Gasteiger partial charge in [-0.3, -0.25) is 0 Å². The highest BCUT2D eigenvalue weighted by Gasteiger charge is 1.99. The maximum absolute atomic E-state index is 5.21. The second-order valence-corrected chi connectivity index (χ2v) is 4.35. The van der Waals surface area contributed by atoms with Crippen LogP contribution in [-0.4, -0.2) is 5.11 Å². The van der Waals surface area contributed by atoms with Gasteiger partial charge in [0.25, 0.3) is 0 Å². The third-order valence-corrected chi connectivity index (χ3v) is 2.87. The molecule has 0 aliphatic carbocycles. The molecule has 0 radical (unpaired) electrons. The average molecular weight is 260 g/mol. The van der Waals surface area contributed by atoms with E-state index in [9.17, 15) is 0 Å². The van der Waals surface area contributed by atoms with Gasteiger partial charge in [-0.2, -0.15) is 0 Å². The lowest BCUT2D eigenvalue weighted by Gasteiger charge is -2.09. The number of aryl methyl sites for hydroxylation is 1. The summed E-state index contributed by atoms with van der Waals surface area (Å²) in [4.78, 5) is 0. The Morgan fingerprint density at radius 2 is 2.00 bits per heavy atom. The Labute approximate surface area is 112 Å². The van der Waals surface area contributed by atoms with Gasteiger partial charge in [0, 0.05) is 5.69 Å². The summed E-state index contributed by atoms with van der Waals surface area (Å²) in [6, 6.07) is 12.0. The number of benzene rings is 1. The summed E-state index contributed by atoms with van der Waals surface area (Å²) in [5.74, 6) is 0.862. The fourth-order valence-corrected chi connectivity index (χ4v) is 1.77. The number of furan rings is 1. The molecule has 0 spiro atoms. The molecular formula is C14H16N2OS. The number of hydrogen-bond donors (Lipinski definition) is 2. The van der Waals surface area contributed by atoms with Crippen molar-refractivity contribution in [1.82, 2.24) is 5.32 Å². The van der Waals surface area contributed by atoms with E-state index in [4.69, 9.17) is 16.6 Å². The first-order valence-corrected chi connectivity index (χ1v) is 6.35. The fourth-order valence-electron chi connectivity index (χ4n) is 1.58. The van der Waals surface area contributed by atoms with Crippen molar-refractivity contribution in [2.75, 3.05) is 5.32 Å². The van der Waals surface area contributed by atoms with E-state index in [1.807, 2.05) is 24.3 Å². The first-order valence-electron chi connectivity index (χ1n) is 5.94. The Balaban J connectivity index is 1.83. The maximum atomic E-state index is 5.21. The van der Waals surface area contributed by atoms with E-state index in [-0.39, 0.29) is 0 Å². The molecule has 94 valence electrons. The lowest BCUT2D eigenvalue weighted by molar-refractivity contribution is 0.503. The number of thiocarbonyl (C=S) groups is 1. The molecular weight excluding hydrogens is 244 g/mol. The molecule has 1 aromatic heterocycles. The van der Waals surface area contributed by atoms with Crippen LogP contribution in [0.15, 0.2) is 47.1 Å². The topological polar surface area (TPSA) is 37.2 Å². The minimum atomic E-state index is 0.589. The number of anilines is 1. The Kier molecular flexibility index (Phi) is 4.36. The minimum Gasteiger partial charge on any atom is -0.467 e. The SMILES string of the molecule is CCc1ccc(NC(=S)NCc2ccco2)cc1. The largest absolute Gasteiger partial charge is 0.467 e. The molecule has 0 atom stereocenters. The maximum Gasteiger partial charge on any atom is 0.171 e. The molecule has 0 unspecified atom stereocenters. The van der Waals surface area contributed by atoms with Crippen LogP contribution >= 0.6 is 12.2 Å². The molecule has 1 heterocycles. The molecule has 3 nitrogen and oxygen atoms in total. The van der Waals surface area contributed by atoms with E-state index in [0.29, 0.717) is 11.7 Å². The molecule has 0 fully saturated rings. The highest BCUT2D eigenvalue weighted by Crippen LogP contribution is 2.09. The van der Waals surface area contributed by atoms with Gasteiger partial charge in [-0.1, -0.05) is 19.1 Å². The monoisotopic (exact) mass is 260 g/mol. The molecule has 2 aromatic rings. The summed E-state index contributed by atoms with van der Waals surface area (Å²) in [6.07, 6.45) is 2.69. The normalized spacial score (nSPS) is 10.1. The lowest BCUT2D eigenvalue weighted by Crippen LogP contribution is -2.27. The summed E-state index contributed by atoms with van der Waals surface area (Å²) in [7, 11) is 0. The zero-order valence-electron chi connectivity index (χ0n) is 10.3. The highest BCUT2D eigenvalue weighted by molar-refractivity contribution is 7.80. The third kappa shape index (κ3) is 3.60. The van der Waals surface area contributed by atoms with E-state index in [0.717, 1.165) is 17.9 Å². The van der Waals surface area contributed by atoms with Gasteiger partial charge in [0.15, 0.2) is 5.11 Å². The van der Waals surface area contributed by atoms with Gasteiger partial charge in [-0.25, -0.2) is 0 Å². The van der Waals surface area contributed by atoms with E-state index in [1.54, 1.807) is 6.26 Å². The first kappa shape index (κ1) is 12.6. The first-order chi connectivity index (χ1) is 8.78. The standard InChI is InChI=1S/C14H16N2OS/c1-2-11-5-7-12(8-6-11)16-14(18)15-10-13-4-3-9-17-13/h3-9H,2,10H2,1H3,(H2,15,16,18). The molecule has 1 aromatic carbocycles. The summed E-state index contributed by atoms with van der Waals surface area (Å²) >= 11 is 5.21. The van der Waals surface area contributed by atoms with Crippen molar-refractivity contribution < 1.29 is 4.42 Å². The van der Waals surface area contributed by atoms with Crippen LogP contribution in [0.5, 0.6) is 0 Å². The summed E-state index contributed by atoms with van der Waals surface area (Å²) in [6.45, 7) is 2.73. The Bertz CT molecular complexity index is 491. The van der Waals surface area contributed by atoms with Crippen LogP contribution in [0.3, 0.4) is 0 Å². The van der Waals surface area contributed by atoms with Gasteiger partial charge < -0.3 is 15.1 Å². The Morgan fingerprint density at radius 3 is 2.61 bits per heavy atom. The van der Waals surface area contributed by atoms with E-state index < -0.39 is 0 Å². The molecule has 2 N–H and O–H groups in total. The molecule has 0 amide bonds. The van der Waals surface area contributed by atoms with Crippen LogP contribution in [0.1, 0.15) is 18.2 Å². The van der Waals surface area contributed by atoms with Crippen molar-refractivity contribution in [3.8, 4) is 0 Å². The fraction of sp³-hybridized carbons (Fsp3) is 0.214. The van der Waals surface area contributed by atoms with Crippen molar-refractivity contribution in [3.63, 3.8) is 0 Å². The van der Waals surface area contributed by atoms with Crippen LogP contribution in [-0.2, 0) is 13.0 Å². The molecule has 0 aliphatic heterocycles. The molecule has 4 heteroatoms. The van der Waals surface area contributed by atoms with Crippen molar-refractivity contribution in [3.05, 3.63) is 54.0 Å². The Hall–Kier alpha value is -1.81. The van der Waals surface area contributed by atoms with Gasteiger partial charge in [0.1, 0.15) is 5.76 Å². The predicted octanol–water partition coefficient (Wildman–Crippen LogP) is 3.33. The highest BCUT2D eigenvalue weighted by atomic mass is 32.1. The lowest BCUT2D eigenvalue weighted by atomic mass is 10.1. The van der Waals surface area contributed by atoms with Crippen LogP contribution < -0.4 is 10.6 Å². The molecule has 2 rings (SSSR count). The molecule has 0 saturated heterocycles. The second kappa shape index (κ2) is 6.21. The third-order valence-electron chi connectivity index (χ3n) is 2.62. The van der Waals surface area contributed by atoms with Crippen molar-refractivity contribution in [2.24, 2.45) is 0 Å². The van der Waals surface area contributed by atoms with Crippen LogP contribution in [0.25, 0.3) is 0 Å². The molecule has 0 saturated carbocycles. The van der Waals surface area contributed by atoms with Gasteiger partial charge in [-0.05, 0) is 48.5 Å². The minimum absolute atomic E-state index is 0.589. The zero-order valence-corrected chi connectivity index (χ0v) is 11.1. The average Bonchev–Trinajstić information content (AvgIpc) is 2.90. The summed E-state index contributed by atoms with van der Waals surface area (Å²) in [5.41, 5.74) is 2.30. The van der Waals surface area contributed by atoms with Gasteiger partial charge in [-0.15, -0.1) is 0 Å². The van der Waals surface area contributed by atoms with Crippen molar-refractivity contribution in [2.45, 2.75) is 19.9 Å². The van der Waals surface area contributed by atoms with Crippen molar-refractivity contribution in [1.29, 1.82) is 0 Å². The van der Waals surface area contributed by atoms with Gasteiger partial charge in [0.05, 0.1) is 12.8 Å². The molecule has 18 heavy (non-hydrogen) atoms. The predicted molar refractivity (Wildman–Crippen MR) is 77.6 cm³/mol.